The fraction of sp³-hybridized carbons (Fsp3) is 0.118. The number of hydrogen-bond acceptors (Lipinski definition) is 3. The fourth-order valence-electron chi connectivity index (χ4n) is 2.29. The Kier molecular flexibility index (Phi) is 3.65. The number of hydrogen-bond donors (Lipinski definition) is 2. The molecule has 22 heavy (non-hydrogen) atoms. The molecule has 0 bridgehead atoms. The molecule has 4 nitrogen and oxygen atoms in total. The molecule has 5 heteroatoms. The third kappa shape index (κ3) is 2.71. The molecule has 0 saturated heterocycles. The van der Waals surface area contributed by atoms with Crippen LogP contribution in [0.3, 0.4) is 0 Å². The molecule has 3 aromatic rings. The van der Waals surface area contributed by atoms with Gasteiger partial charge in [0, 0.05) is 16.6 Å². The summed E-state index contributed by atoms with van der Waals surface area (Å²) >= 11 is 0. The van der Waals surface area contributed by atoms with Gasteiger partial charge in [-0.05, 0) is 37.3 Å². The van der Waals surface area contributed by atoms with E-state index in [1.807, 2.05) is 0 Å². The van der Waals surface area contributed by atoms with E-state index in [-0.39, 0.29) is 11.6 Å². The van der Waals surface area contributed by atoms with E-state index in [4.69, 9.17) is 4.42 Å². The first kappa shape index (κ1) is 14.3. The molecule has 2 N–H and O–H groups in total. The van der Waals surface area contributed by atoms with Gasteiger partial charge in [-0.2, -0.15) is 0 Å². The summed E-state index contributed by atoms with van der Waals surface area (Å²) in [7, 11) is 0. The lowest BCUT2D eigenvalue weighted by atomic mass is 10.1. The van der Waals surface area contributed by atoms with E-state index in [2.05, 4.69) is 5.32 Å². The van der Waals surface area contributed by atoms with Crippen LogP contribution in [0, 0.1) is 5.82 Å². The molecule has 112 valence electrons. The first-order chi connectivity index (χ1) is 10.5. The number of fused-ring (bicyclic) bond motifs is 1. The number of nitrogens with one attached hydrogen (secondary N) is 1. The molecule has 0 aliphatic rings. The van der Waals surface area contributed by atoms with Gasteiger partial charge in [0.2, 0.25) is 0 Å². The summed E-state index contributed by atoms with van der Waals surface area (Å²) in [5.74, 6) is -0.759. The molecule has 0 aliphatic heterocycles. The Bertz CT molecular complexity index is 839. The summed E-state index contributed by atoms with van der Waals surface area (Å²) in [6, 6.07) is 12.5. The molecule has 0 radical (unpaired) electrons. The van der Waals surface area contributed by atoms with Crippen LogP contribution >= 0.6 is 0 Å². The van der Waals surface area contributed by atoms with Gasteiger partial charge in [-0.25, -0.2) is 4.39 Å². The van der Waals surface area contributed by atoms with Gasteiger partial charge in [0.25, 0.3) is 5.91 Å². The molecule has 0 spiro atoms. The van der Waals surface area contributed by atoms with Gasteiger partial charge in [0.15, 0.2) is 5.76 Å². The number of aliphatic hydroxyl groups excluding tert-OH is 1. The van der Waals surface area contributed by atoms with E-state index in [0.29, 0.717) is 22.2 Å². The van der Waals surface area contributed by atoms with E-state index in [1.54, 1.807) is 31.2 Å². The monoisotopic (exact) mass is 299 g/mol. The molecular formula is C17H14FNO3. The van der Waals surface area contributed by atoms with Crippen molar-refractivity contribution in [3.63, 3.8) is 0 Å². The number of benzene rings is 2. The van der Waals surface area contributed by atoms with Crippen molar-refractivity contribution in [3.8, 4) is 0 Å². The highest BCUT2D eigenvalue weighted by molar-refractivity contribution is 6.05. The van der Waals surface area contributed by atoms with Gasteiger partial charge >= 0.3 is 0 Å². The van der Waals surface area contributed by atoms with Crippen molar-refractivity contribution in [3.05, 3.63) is 65.7 Å². The number of rotatable bonds is 3. The maximum Gasteiger partial charge on any atom is 0.291 e. The first-order valence-corrected chi connectivity index (χ1v) is 6.82. The number of aliphatic hydroxyl groups is 1. The van der Waals surface area contributed by atoms with Crippen LogP contribution in [0.4, 0.5) is 10.1 Å². The second kappa shape index (κ2) is 5.61. The van der Waals surface area contributed by atoms with Gasteiger partial charge in [0.05, 0.1) is 6.10 Å². The summed E-state index contributed by atoms with van der Waals surface area (Å²) < 4.78 is 18.6. The maximum absolute atomic E-state index is 13.2. The molecule has 0 fully saturated rings. The predicted molar refractivity (Wildman–Crippen MR) is 81.2 cm³/mol. The average molecular weight is 299 g/mol. The van der Waals surface area contributed by atoms with Crippen LogP contribution in [0.25, 0.3) is 11.0 Å². The quantitative estimate of drug-likeness (QED) is 0.771. The van der Waals surface area contributed by atoms with Gasteiger partial charge in [0.1, 0.15) is 11.4 Å². The Morgan fingerprint density at radius 3 is 2.77 bits per heavy atom. The summed E-state index contributed by atoms with van der Waals surface area (Å²) in [5, 5.41) is 12.9. The van der Waals surface area contributed by atoms with E-state index in [9.17, 15) is 14.3 Å². The van der Waals surface area contributed by atoms with Gasteiger partial charge in [-0.1, -0.05) is 18.2 Å². The number of carbonyl (C=O) groups is 1. The molecule has 1 aromatic heterocycles. The van der Waals surface area contributed by atoms with Crippen molar-refractivity contribution < 1.29 is 18.7 Å². The molecule has 0 saturated carbocycles. The summed E-state index contributed by atoms with van der Waals surface area (Å²) in [5.41, 5.74) is 1.56. The number of para-hydroxylation sites is 1. The Morgan fingerprint density at radius 1 is 1.23 bits per heavy atom. The zero-order valence-electron chi connectivity index (χ0n) is 11.8. The van der Waals surface area contributed by atoms with Crippen LogP contribution < -0.4 is 5.32 Å². The standard InChI is InChI=1S/C17H14FNO3/c1-10(20)13-4-2-3-5-14(13)19-17(21)16-9-11-8-12(18)6-7-15(11)22-16/h2-10,20H,1H3,(H,19,21). The molecule has 1 amide bonds. The van der Waals surface area contributed by atoms with Crippen LogP contribution in [0.2, 0.25) is 0 Å². The predicted octanol–water partition coefficient (Wildman–Crippen LogP) is 3.88. The normalized spacial score (nSPS) is 12.3. The largest absolute Gasteiger partial charge is 0.451 e. The molecule has 3 rings (SSSR count). The topological polar surface area (TPSA) is 62.5 Å². The minimum Gasteiger partial charge on any atom is -0.451 e. The second-order valence-electron chi connectivity index (χ2n) is 5.01. The second-order valence-corrected chi connectivity index (χ2v) is 5.01. The zero-order chi connectivity index (χ0) is 15.7. The minimum absolute atomic E-state index is 0.0843. The summed E-state index contributed by atoms with van der Waals surface area (Å²) in [4.78, 5) is 12.3. The van der Waals surface area contributed by atoms with E-state index in [0.717, 1.165) is 0 Å². The van der Waals surface area contributed by atoms with Crippen molar-refractivity contribution >= 4 is 22.6 Å². The lowest BCUT2D eigenvalue weighted by Gasteiger charge is -2.11. The van der Waals surface area contributed by atoms with Gasteiger partial charge in [-0.15, -0.1) is 0 Å². The van der Waals surface area contributed by atoms with Crippen molar-refractivity contribution in [1.29, 1.82) is 0 Å². The highest BCUT2D eigenvalue weighted by Crippen LogP contribution is 2.25. The van der Waals surface area contributed by atoms with Crippen molar-refractivity contribution in [2.24, 2.45) is 0 Å². The maximum atomic E-state index is 13.2. The molecule has 1 heterocycles. The van der Waals surface area contributed by atoms with E-state index >= 15 is 0 Å². The first-order valence-electron chi connectivity index (χ1n) is 6.82. The highest BCUT2D eigenvalue weighted by Gasteiger charge is 2.15. The average Bonchev–Trinajstić information content (AvgIpc) is 2.90. The van der Waals surface area contributed by atoms with E-state index in [1.165, 1.54) is 24.3 Å². The number of halogens is 1. The third-order valence-corrected chi connectivity index (χ3v) is 3.36. The van der Waals surface area contributed by atoms with Crippen molar-refractivity contribution in [2.75, 3.05) is 5.32 Å². The minimum atomic E-state index is -0.707. The molecular weight excluding hydrogens is 285 g/mol. The number of carbonyl (C=O) groups excluding carboxylic acids is 1. The zero-order valence-corrected chi connectivity index (χ0v) is 11.8. The van der Waals surface area contributed by atoms with Crippen LogP contribution in [-0.2, 0) is 0 Å². The molecule has 0 aliphatic carbocycles. The highest BCUT2D eigenvalue weighted by atomic mass is 19.1. The Labute approximate surface area is 126 Å². The fourth-order valence-corrected chi connectivity index (χ4v) is 2.29. The van der Waals surface area contributed by atoms with Crippen LogP contribution in [0.15, 0.2) is 52.9 Å². The third-order valence-electron chi connectivity index (χ3n) is 3.36. The number of furan rings is 1. The molecule has 1 unspecified atom stereocenters. The number of anilines is 1. The summed E-state index contributed by atoms with van der Waals surface area (Å²) in [6.45, 7) is 1.62. The van der Waals surface area contributed by atoms with Crippen LogP contribution in [0.1, 0.15) is 29.1 Å². The smallest absolute Gasteiger partial charge is 0.291 e. The van der Waals surface area contributed by atoms with E-state index < -0.39 is 12.0 Å². The SMILES string of the molecule is CC(O)c1ccccc1NC(=O)c1cc2cc(F)ccc2o1. The van der Waals surface area contributed by atoms with Crippen LogP contribution in [0.5, 0.6) is 0 Å². The van der Waals surface area contributed by atoms with Crippen LogP contribution in [-0.4, -0.2) is 11.0 Å². The lowest BCUT2D eigenvalue weighted by Crippen LogP contribution is -2.13. The molecule has 1 atom stereocenters. The number of amides is 1. The Hall–Kier alpha value is -2.66. The molecule has 2 aromatic carbocycles. The summed E-state index contributed by atoms with van der Waals surface area (Å²) in [6.07, 6.45) is -0.707. The Balaban J connectivity index is 1.90. The Morgan fingerprint density at radius 2 is 2.00 bits per heavy atom. The van der Waals surface area contributed by atoms with Gasteiger partial charge < -0.3 is 14.8 Å². The van der Waals surface area contributed by atoms with Crippen molar-refractivity contribution in [1.82, 2.24) is 0 Å². The lowest BCUT2D eigenvalue weighted by molar-refractivity contribution is 0.0998. The van der Waals surface area contributed by atoms with Crippen molar-refractivity contribution in [2.45, 2.75) is 13.0 Å². The van der Waals surface area contributed by atoms with Gasteiger partial charge in [-0.3, -0.25) is 4.79 Å².